The van der Waals surface area contributed by atoms with Gasteiger partial charge in [-0.15, -0.1) is 0 Å². The van der Waals surface area contributed by atoms with Gasteiger partial charge in [-0.2, -0.15) is 0 Å². The SMILES string of the molecule is Cc1cc(C(=N)N)nc(N2CCc3ccccc3CC2)n1. The van der Waals surface area contributed by atoms with Crippen LogP contribution in [0.3, 0.4) is 0 Å². The second-order valence-corrected chi connectivity index (χ2v) is 5.36. The van der Waals surface area contributed by atoms with Crippen molar-refractivity contribution in [1.29, 1.82) is 5.41 Å². The lowest BCUT2D eigenvalue weighted by molar-refractivity contribution is 0.768. The third kappa shape index (κ3) is 2.86. The number of hydrogen-bond acceptors (Lipinski definition) is 4. The summed E-state index contributed by atoms with van der Waals surface area (Å²) in [5.74, 6) is 0.660. The Balaban J connectivity index is 1.87. The maximum absolute atomic E-state index is 7.56. The normalized spacial score (nSPS) is 14.4. The lowest BCUT2D eigenvalue weighted by Crippen LogP contribution is -2.29. The van der Waals surface area contributed by atoms with E-state index >= 15 is 0 Å². The summed E-state index contributed by atoms with van der Waals surface area (Å²) >= 11 is 0. The van der Waals surface area contributed by atoms with Crippen LogP contribution in [0, 0.1) is 12.3 Å². The van der Waals surface area contributed by atoms with Gasteiger partial charge in [0.2, 0.25) is 5.95 Å². The van der Waals surface area contributed by atoms with E-state index in [0.29, 0.717) is 11.6 Å². The molecule has 0 unspecified atom stereocenters. The number of benzene rings is 1. The van der Waals surface area contributed by atoms with E-state index in [0.717, 1.165) is 31.6 Å². The van der Waals surface area contributed by atoms with Gasteiger partial charge in [0.25, 0.3) is 0 Å². The number of nitrogens with one attached hydrogen (secondary N) is 1. The number of anilines is 1. The Hall–Kier alpha value is -2.43. The minimum atomic E-state index is -0.0140. The van der Waals surface area contributed by atoms with Crippen molar-refractivity contribution in [3.05, 3.63) is 52.8 Å². The summed E-state index contributed by atoms with van der Waals surface area (Å²) in [6.45, 7) is 3.68. The number of aryl methyl sites for hydroxylation is 1. The smallest absolute Gasteiger partial charge is 0.226 e. The van der Waals surface area contributed by atoms with E-state index in [4.69, 9.17) is 11.1 Å². The zero-order valence-corrected chi connectivity index (χ0v) is 12.1. The number of fused-ring (bicyclic) bond motifs is 1. The molecule has 0 saturated heterocycles. The van der Waals surface area contributed by atoms with Gasteiger partial charge in [0.15, 0.2) is 0 Å². The van der Waals surface area contributed by atoms with Gasteiger partial charge < -0.3 is 10.6 Å². The first-order valence-corrected chi connectivity index (χ1v) is 7.15. The number of nitrogens with two attached hydrogens (primary N) is 1. The van der Waals surface area contributed by atoms with Crippen molar-refractivity contribution >= 4 is 11.8 Å². The average molecular weight is 281 g/mol. The molecule has 0 aliphatic carbocycles. The molecule has 2 heterocycles. The van der Waals surface area contributed by atoms with Crippen molar-refractivity contribution in [2.24, 2.45) is 5.73 Å². The quantitative estimate of drug-likeness (QED) is 0.648. The molecule has 1 aromatic heterocycles. The van der Waals surface area contributed by atoms with E-state index in [1.54, 1.807) is 6.07 Å². The van der Waals surface area contributed by atoms with Crippen molar-refractivity contribution in [2.75, 3.05) is 18.0 Å². The fourth-order valence-corrected chi connectivity index (χ4v) is 2.70. The molecule has 21 heavy (non-hydrogen) atoms. The van der Waals surface area contributed by atoms with E-state index in [1.165, 1.54) is 11.1 Å². The van der Waals surface area contributed by atoms with Crippen LogP contribution in [-0.2, 0) is 12.8 Å². The van der Waals surface area contributed by atoms with Crippen LogP contribution < -0.4 is 10.6 Å². The van der Waals surface area contributed by atoms with Gasteiger partial charge >= 0.3 is 0 Å². The van der Waals surface area contributed by atoms with Crippen molar-refractivity contribution < 1.29 is 0 Å². The number of nitrogens with zero attached hydrogens (tertiary/aromatic N) is 3. The topological polar surface area (TPSA) is 78.9 Å². The number of aromatic nitrogens is 2. The minimum Gasteiger partial charge on any atom is -0.382 e. The van der Waals surface area contributed by atoms with Gasteiger partial charge in [-0.25, -0.2) is 9.97 Å². The Kier molecular flexibility index (Phi) is 3.56. The molecule has 2 aromatic rings. The lowest BCUT2D eigenvalue weighted by Gasteiger charge is -2.21. The molecule has 3 rings (SSSR count). The summed E-state index contributed by atoms with van der Waals surface area (Å²) in [5.41, 5.74) is 9.70. The standard InChI is InChI=1S/C16H19N5/c1-11-10-14(15(17)18)20-16(19-11)21-8-6-12-4-2-3-5-13(12)7-9-21/h2-5,10H,6-9H2,1H3,(H3,17,18). The molecule has 1 aliphatic rings. The monoisotopic (exact) mass is 281 g/mol. The van der Waals surface area contributed by atoms with Crippen LogP contribution in [0.5, 0.6) is 0 Å². The fourth-order valence-electron chi connectivity index (χ4n) is 2.70. The van der Waals surface area contributed by atoms with Gasteiger partial charge in [-0.1, -0.05) is 24.3 Å². The molecule has 108 valence electrons. The average Bonchev–Trinajstić information content (AvgIpc) is 2.69. The first-order chi connectivity index (χ1) is 10.1. The largest absolute Gasteiger partial charge is 0.382 e. The van der Waals surface area contributed by atoms with Gasteiger partial charge in [0, 0.05) is 18.8 Å². The molecule has 3 N–H and O–H groups in total. The lowest BCUT2D eigenvalue weighted by atomic mass is 10.0. The van der Waals surface area contributed by atoms with Crippen LogP contribution >= 0.6 is 0 Å². The molecule has 0 amide bonds. The summed E-state index contributed by atoms with van der Waals surface area (Å²) < 4.78 is 0. The summed E-state index contributed by atoms with van der Waals surface area (Å²) in [7, 11) is 0. The zero-order chi connectivity index (χ0) is 14.8. The summed E-state index contributed by atoms with van der Waals surface area (Å²) in [4.78, 5) is 11.1. The first-order valence-electron chi connectivity index (χ1n) is 7.15. The van der Waals surface area contributed by atoms with Crippen LogP contribution in [0.4, 0.5) is 5.95 Å². The van der Waals surface area contributed by atoms with Gasteiger partial charge in [-0.3, -0.25) is 5.41 Å². The van der Waals surface area contributed by atoms with Crippen molar-refractivity contribution in [3.63, 3.8) is 0 Å². The van der Waals surface area contributed by atoms with E-state index in [9.17, 15) is 0 Å². The molecule has 0 bridgehead atoms. The Morgan fingerprint density at radius 1 is 1.14 bits per heavy atom. The van der Waals surface area contributed by atoms with Crippen molar-refractivity contribution in [1.82, 2.24) is 9.97 Å². The summed E-state index contributed by atoms with van der Waals surface area (Å²) in [5, 5.41) is 7.56. The highest BCUT2D eigenvalue weighted by molar-refractivity contribution is 5.93. The third-order valence-corrected chi connectivity index (χ3v) is 3.82. The number of nitrogen functional groups attached to an aromatic ring is 1. The van der Waals surface area contributed by atoms with Gasteiger partial charge in [0.1, 0.15) is 11.5 Å². The molecule has 1 aliphatic heterocycles. The summed E-state index contributed by atoms with van der Waals surface area (Å²) in [6.07, 6.45) is 1.98. The van der Waals surface area contributed by atoms with Crippen LogP contribution in [0.1, 0.15) is 22.5 Å². The van der Waals surface area contributed by atoms with Crippen molar-refractivity contribution in [3.8, 4) is 0 Å². The minimum absolute atomic E-state index is 0.0140. The van der Waals surface area contributed by atoms with Crippen LogP contribution in [0.15, 0.2) is 30.3 Å². The molecule has 5 nitrogen and oxygen atoms in total. The second-order valence-electron chi connectivity index (χ2n) is 5.36. The maximum Gasteiger partial charge on any atom is 0.226 e. The van der Waals surface area contributed by atoms with E-state index in [1.807, 2.05) is 6.92 Å². The number of rotatable bonds is 2. The van der Waals surface area contributed by atoms with Crippen LogP contribution in [0.2, 0.25) is 0 Å². The van der Waals surface area contributed by atoms with Gasteiger partial charge in [0.05, 0.1) is 0 Å². The predicted octanol–water partition coefficient (Wildman–Crippen LogP) is 1.67. The van der Waals surface area contributed by atoms with E-state index in [2.05, 4.69) is 39.1 Å². The Morgan fingerprint density at radius 2 is 1.76 bits per heavy atom. The predicted molar refractivity (Wildman–Crippen MR) is 83.8 cm³/mol. The fraction of sp³-hybridized carbons (Fsp3) is 0.312. The Bertz CT molecular complexity index is 653. The molecule has 0 spiro atoms. The van der Waals surface area contributed by atoms with Gasteiger partial charge in [-0.05, 0) is 37.0 Å². The van der Waals surface area contributed by atoms with Crippen LogP contribution in [-0.4, -0.2) is 28.9 Å². The highest BCUT2D eigenvalue weighted by atomic mass is 15.3. The third-order valence-electron chi connectivity index (χ3n) is 3.82. The van der Waals surface area contributed by atoms with E-state index in [-0.39, 0.29) is 5.84 Å². The number of hydrogen-bond donors (Lipinski definition) is 2. The Morgan fingerprint density at radius 3 is 2.33 bits per heavy atom. The maximum atomic E-state index is 7.56. The molecule has 1 aromatic carbocycles. The summed E-state index contributed by atoms with van der Waals surface area (Å²) in [6, 6.07) is 10.3. The zero-order valence-electron chi connectivity index (χ0n) is 12.1. The van der Waals surface area contributed by atoms with E-state index < -0.39 is 0 Å². The second kappa shape index (κ2) is 5.52. The number of amidine groups is 1. The molecule has 0 atom stereocenters. The molecular formula is C16H19N5. The molecule has 0 fully saturated rings. The molecule has 5 heteroatoms. The van der Waals surface area contributed by atoms with Crippen LogP contribution in [0.25, 0.3) is 0 Å². The van der Waals surface area contributed by atoms with Crippen molar-refractivity contribution in [2.45, 2.75) is 19.8 Å². The first kappa shape index (κ1) is 13.5. The molecule has 0 saturated carbocycles. The Labute approximate surface area is 124 Å². The highest BCUT2D eigenvalue weighted by Gasteiger charge is 2.17. The molecule has 0 radical (unpaired) electrons. The highest BCUT2D eigenvalue weighted by Crippen LogP contribution is 2.19. The molecular weight excluding hydrogens is 262 g/mol.